The molecule has 2 N–H and O–H groups in total. The molecule has 3 amide bonds. The van der Waals surface area contributed by atoms with Crippen LogP contribution in [0.3, 0.4) is 0 Å². The van der Waals surface area contributed by atoms with E-state index in [0.29, 0.717) is 17.8 Å². The van der Waals surface area contributed by atoms with Gasteiger partial charge in [0.15, 0.2) is 0 Å². The molecule has 0 radical (unpaired) electrons. The number of likely N-dealkylation sites (N-methyl/N-ethyl adjacent to an activating group) is 1. The molecule has 7 nitrogen and oxygen atoms in total. The van der Waals surface area contributed by atoms with Crippen LogP contribution in [0.15, 0.2) is 83.9 Å². The van der Waals surface area contributed by atoms with Crippen molar-refractivity contribution in [1.82, 2.24) is 10.6 Å². The number of carbonyl (C=O) groups is 3. The Bertz CT molecular complexity index is 1290. The molecule has 0 unspecified atom stereocenters. The minimum Gasteiger partial charge on any atom is -0.345 e. The molecular formula is C28H27FN4O3. The Morgan fingerprint density at radius 1 is 1.00 bits per heavy atom. The molecule has 4 rings (SSSR count). The third kappa shape index (κ3) is 5.66. The summed E-state index contributed by atoms with van der Waals surface area (Å²) in [6, 6.07) is 21.9. The maximum Gasteiger partial charge on any atom is 0.272 e. The molecule has 0 saturated carbocycles. The molecule has 1 heterocycles. The van der Waals surface area contributed by atoms with Crippen LogP contribution in [0.4, 0.5) is 10.1 Å². The molecule has 0 aliphatic carbocycles. The van der Waals surface area contributed by atoms with Crippen molar-refractivity contribution in [3.8, 4) is 0 Å². The van der Waals surface area contributed by atoms with E-state index in [1.54, 1.807) is 26.1 Å². The highest BCUT2D eigenvalue weighted by Crippen LogP contribution is 2.27. The van der Waals surface area contributed by atoms with E-state index in [4.69, 9.17) is 0 Å². The van der Waals surface area contributed by atoms with Crippen molar-refractivity contribution in [1.29, 1.82) is 0 Å². The van der Waals surface area contributed by atoms with Gasteiger partial charge < -0.3 is 15.5 Å². The number of benzodiazepines with no additional fused rings is 1. The first-order valence-corrected chi connectivity index (χ1v) is 11.7. The predicted molar refractivity (Wildman–Crippen MR) is 136 cm³/mol. The molecular weight excluding hydrogens is 459 g/mol. The van der Waals surface area contributed by atoms with Crippen molar-refractivity contribution < 1.29 is 18.8 Å². The SMILES string of the molecule is C[C@H](NC(=O)CCc1ccc(F)cc1)C(=O)N[C@H]1N=C(c2ccccc2)c2ccccc2N(C)C1=O. The molecule has 0 bridgehead atoms. The van der Waals surface area contributed by atoms with E-state index in [1.165, 1.54) is 17.0 Å². The second-order valence-corrected chi connectivity index (χ2v) is 8.58. The van der Waals surface area contributed by atoms with E-state index in [0.717, 1.165) is 16.7 Å². The van der Waals surface area contributed by atoms with Gasteiger partial charge in [-0.15, -0.1) is 0 Å². The van der Waals surface area contributed by atoms with Gasteiger partial charge in [-0.25, -0.2) is 9.38 Å². The molecule has 184 valence electrons. The van der Waals surface area contributed by atoms with Crippen molar-refractivity contribution >= 4 is 29.1 Å². The molecule has 2 atom stereocenters. The summed E-state index contributed by atoms with van der Waals surface area (Å²) in [7, 11) is 1.64. The largest absolute Gasteiger partial charge is 0.345 e. The van der Waals surface area contributed by atoms with E-state index in [-0.39, 0.29) is 18.1 Å². The Kier molecular flexibility index (Phi) is 7.53. The molecule has 0 spiro atoms. The monoisotopic (exact) mass is 486 g/mol. The Morgan fingerprint density at radius 3 is 2.39 bits per heavy atom. The third-order valence-electron chi connectivity index (χ3n) is 5.99. The number of hydrogen-bond acceptors (Lipinski definition) is 4. The lowest BCUT2D eigenvalue weighted by Gasteiger charge is -2.22. The second-order valence-electron chi connectivity index (χ2n) is 8.58. The fourth-order valence-electron chi connectivity index (χ4n) is 3.99. The lowest BCUT2D eigenvalue weighted by atomic mass is 10.0. The molecule has 0 aromatic heterocycles. The van der Waals surface area contributed by atoms with Crippen LogP contribution in [0.5, 0.6) is 0 Å². The summed E-state index contributed by atoms with van der Waals surface area (Å²) in [5, 5.41) is 5.34. The summed E-state index contributed by atoms with van der Waals surface area (Å²) in [4.78, 5) is 44.7. The van der Waals surface area contributed by atoms with Crippen LogP contribution in [0.1, 0.15) is 30.0 Å². The van der Waals surface area contributed by atoms with E-state index in [1.807, 2.05) is 54.6 Å². The first-order valence-electron chi connectivity index (χ1n) is 11.7. The van der Waals surface area contributed by atoms with E-state index in [2.05, 4.69) is 15.6 Å². The van der Waals surface area contributed by atoms with E-state index >= 15 is 0 Å². The highest BCUT2D eigenvalue weighted by atomic mass is 19.1. The molecule has 8 heteroatoms. The summed E-state index contributed by atoms with van der Waals surface area (Å²) in [5.41, 5.74) is 3.68. The van der Waals surface area contributed by atoms with Crippen molar-refractivity contribution in [2.75, 3.05) is 11.9 Å². The van der Waals surface area contributed by atoms with Gasteiger partial charge in [0.1, 0.15) is 11.9 Å². The summed E-state index contributed by atoms with van der Waals surface area (Å²) in [5.74, 6) is -1.59. The molecule has 36 heavy (non-hydrogen) atoms. The smallest absolute Gasteiger partial charge is 0.272 e. The number of amides is 3. The number of nitrogens with one attached hydrogen (secondary N) is 2. The van der Waals surface area contributed by atoms with Gasteiger partial charge in [-0.3, -0.25) is 14.4 Å². The Morgan fingerprint density at radius 2 is 1.67 bits per heavy atom. The van der Waals surface area contributed by atoms with Crippen LogP contribution in [-0.2, 0) is 20.8 Å². The number of aliphatic imine (C=N–C) groups is 1. The zero-order chi connectivity index (χ0) is 25.7. The Labute approximate surface area is 209 Å². The standard InChI is InChI=1S/C28H27FN4O3/c1-18(30-24(34)17-14-19-12-15-21(29)16-13-19)27(35)32-26-28(36)33(2)23-11-7-6-10-22(23)25(31-26)20-8-4-3-5-9-20/h3-13,15-16,18,26H,14,17H2,1-2H3,(H,30,34)(H,32,35)/t18-,26+/m0/s1. The third-order valence-corrected chi connectivity index (χ3v) is 5.99. The second kappa shape index (κ2) is 10.9. The van der Waals surface area contributed by atoms with Crippen molar-refractivity contribution in [3.63, 3.8) is 0 Å². The van der Waals surface area contributed by atoms with Gasteiger partial charge in [-0.1, -0.05) is 60.7 Å². The van der Waals surface area contributed by atoms with Gasteiger partial charge >= 0.3 is 0 Å². The van der Waals surface area contributed by atoms with Crippen LogP contribution in [-0.4, -0.2) is 42.7 Å². The van der Waals surface area contributed by atoms with Crippen LogP contribution in [0.25, 0.3) is 0 Å². The quantitative estimate of drug-likeness (QED) is 0.537. The van der Waals surface area contributed by atoms with Crippen LogP contribution < -0.4 is 15.5 Å². The number of anilines is 1. The topological polar surface area (TPSA) is 90.9 Å². The van der Waals surface area contributed by atoms with Gasteiger partial charge in [-0.2, -0.15) is 0 Å². The molecule has 3 aromatic carbocycles. The average Bonchev–Trinajstić information content (AvgIpc) is 2.99. The van der Waals surface area contributed by atoms with Gasteiger partial charge in [-0.05, 0) is 37.1 Å². The highest BCUT2D eigenvalue weighted by molar-refractivity contribution is 6.20. The fourth-order valence-corrected chi connectivity index (χ4v) is 3.99. The zero-order valence-electron chi connectivity index (χ0n) is 20.1. The Hall–Kier alpha value is -4.33. The summed E-state index contributed by atoms with van der Waals surface area (Å²) in [6.45, 7) is 1.55. The first-order chi connectivity index (χ1) is 17.3. The van der Waals surface area contributed by atoms with E-state index in [9.17, 15) is 18.8 Å². The normalized spacial score (nSPS) is 15.9. The summed E-state index contributed by atoms with van der Waals surface area (Å²) < 4.78 is 13.1. The van der Waals surface area contributed by atoms with Gasteiger partial charge in [0, 0.05) is 24.6 Å². The number of benzene rings is 3. The zero-order valence-corrected chi connectivity index (χ0v) is 20.1. The predicted octanol–water partition coefficient (Wildman–Crippen LogP) is 3.22. The highest BCUT2D eigenvalue weighted by Gasteiger charge is 2.32. The van der Waals surface area contributed by atoms with Crippen molar-refractivity contribution in [2.45, 2.75) is 32.0 Å². The number of para-hydroxylation sites is 1. The minimum absolute atomic E-state index is 0.139. The lowest BCUT2D eigenvalue weighted by Crippen LogP contribution is -2.52. The number of carbonyl (C=O) groups excluding carboxylic acids is 3. The molecule has 1 aliphatic rings. The first kappa shape index (κ1) is 24.8. The van der Waals surface area contributed by atoms with Gasteiger partial charge in [0.2, 0.25) is 18.0 Å². The number of nitrogens with zero attached hydrogens (tertiary/aromatic N) is 2. The van der Waals surface area contributed by atoms with Gasteiger partial charge in [0.25, 0.3) is 5.91 Å². The number of halogens is 1. The van der Waals surface area contributed by atoms with E-state index < -0.39 is 24.0 Å². The minimum atomic E-state index is -1.16. The van der Waals surface area contributed by atoms with Crippen molar-refractivity contribution in [2.24, 2.45) is 4.99 Å². The number of rotatable bonds is 7. The van der Waals surface area contributed by atoms with Crippen LogP contribution in [0, 0.1) is 5.82 Å². The number of fused-ring (bicyclic) bond motifs is 1. The van der Waals surface area contributed by atoms with Crippen LogP contribution >= 0.6 is 0 Å². The number of aryl methyl sites for hydroxylation is 1. The summed E-state index contributed by atoms with van der Waals surface area (Å²) in [6.07, 6.45) is -0.612. The molecule has 0 saturated heterocycles. The fraction of sp³-hybridized carbons (Fsp3) is 0.214. The maximum absolute atomic E-state index is 13.2. The molecule has 3 aromatic rings. The lowest BCUT2D eigenvalue weighted by molar-refractivity contribution is -0.130. The average molecular weight is 487 g/mol. The Balaban J connectivity index is 1.48. The van der Waals surface area contributed by atoms with Crippen LogP contribution in [0.2, 0.25) is 0 Å². The van der Waals surface area contributed by atoms with Gasteiger partial charge in [0.05, 0.1) is 11.4 Å². The molecule has 0 fully saturated rings. The maximum atomic E-state index is 13.2. The summed E-state index contributed by atoms with van der Waals surface area (Å²) >= 11 is 0. The van der Waals surface area contributed by atoms with Crippen molar-refractivity contribution in [3.05, 3.63) is 101 Å². The number of hydrogen-bond donors (Lipinski definition) is 2. The molecule has 1 aliphatic heterocycles.